The van der Waals surface area contributed by atoms with E-state index in [1.54, 1.807) is 6.20 Å². The van der Waals surface area contributed by atoms with Gasteiger partial charge in [-0.05, 0) is 37.0 Å². The van der Waals surface area contributed by atoms with Crippen LogP contribution in [0.1, 0.15) is 30.9 Å². The molecule has 2 atom stereocenters. The first-order valence-electron chi connectivity index (χ1n) is 6.88. The Bertz CT molecular complexity index is 548. The second kappa shape index (κ2) is 5.71. The van der Waals surface area contributed by atoms with Gasteiger partial charge in [-0.25, -0.2) is 13.8 Å². The SMILES string of the molecule is Fc1cc(F)cc(CNC2CCCC2n2ccnc2)c1. The Morgan fingerprint density at radius 3 is 2.70 bits per heavy atom. The van der Waals surface area contributed by atoms with Crippen molar-refractivity contribution >= 4 is 0 Å². The van der Waals surface area contributed by atoms with Crippen molar-refractivity contribution in [3.63, 3.8) is 0 Å². The Hall–Kier alpha value is -1.75. The number of benzene rings is 1. The number of hydrogen-bond donors (Lipinski definition) is 1. The van der Waals surface area contributed by atoms with E-state index in [-0.39, 0.29) is 0 Å². The summed E-state index contributed by atoms with van der Waals surface area (Å²) in [6, 6.07) is 4.33. The summed E-state index contributed by atoms with van der Waals surface area (Å²) in [4.78, 5) is 4.08. The van der Waals surface area contributed by atoms with Crippen LogP contribution in [-0.2, 0) is 6.54 Å². The van der Waals surface area contributed by atoms with Gasteiger partial charge in [0.05, 0.1) is 6.33 Å². The number of imidazole rings is 1. The smallest absolute Gasteiger partial charge is 0.126 e. The van der Waals surface area contributed by atoms with E-state index < -0.39 is 11.6 Å². The molecule has 0 amide bonds. The summed E-state index contributed by atoms with van der Waals surface area (Å²) in [5.74, 6) is -1.06. The van der Waals surface area contributed by atoms with Crippen LogP contribution in [0.5, 0.6) is 0 Å². The van der Waals surface area contributed by atoms with E-state index in [4.69, 9.17) is 0 Å². The third-order valence-corrected chi connectivity index (χ3v) is 3.88. The Morgan fingerprint density at radius 2 is 2.00 bits per heavy atom. The monoisotopic (exact) mass is 277 g/mol. The highest BCUT2D eigenvalue weighted by atomic mass is 19.1. The molecule has 3 rings (SSSR count). The highest BCUT2D eigenvalue weighted by Gasteiger charge is 2.27. The van der Waals surface area contributed by atoms with Gasteiger partial charge in [0.15, 0.2) is 0 Å². The van der Waals surface area contributed by atoms with Crippen LogP contribution in [0, 0.1) is 11.6 Å². The highest BCUT2D eigenvalue weighted by Crippen LogP contribution is 2.30. The van der Waals surface area contributed by atoms with Crippen LogP contribution in [0.4, 0.5) is 8.78 Å². The van der Waals surface area contributed by atoms with Crippen LogP contribution in [0.25, 0.3) is 0 Å². The van der Waals surface area contributed by atoms with Crippen molar-refractivity contribution < 1.29 is 8.78 Å². The minimum absolute atomic E-state index is 0.315. The number of halogens is 2. The van der Waals surface area contributed by atoms with Crippen molar-refractivity contribution in [3.8, 4) is 0 Å². The molecule has 0 bridgehead atoms. The summed E-state index contributed by atoms with van der Waals surface area (Å²) in [6.45, 7) is 0.477. The van der Waals surface area contributed by atoms with Crippen LogP contribution in [0.15, 0.2) is 36.9 Å². The molecular formula is C15H17F2N3. The molecule has 1 N–H and O–H groups in total. The van der Waals surface area contributed by atoms with Crippen molar-refractivity contribution in [1.29, 1.82) is 0 Å². The number of nitrogens with zero attached hydrogens (tertiary/aromatic N) is 2. The molecule has 2 aromatic rings. The predicted octanol–water partition coefficient (Wildman–Crippen LogP) is 3.04. The normalized spacial score (nSPS) is 22.3. The van der Waals surface area contributed by atoms with Crippen molar-refractivity contribution in [1.82, 2.24) is 14.9 Å². The Balaban J connectivity index is 1.65. The maximum Gasteiger partial charge on any atom is 0.126 e. The Kier molecular flexibility index (Phi) is 3.78. The molecule has 1 aliphatic rings. The van der Waals surface area contributed by atoms with E-state index in [2.05, 4.69) is 14.9 Å². The Labute approximate surface area is 116 Å². The minimum Gasteiger partial charge on any atom is -0.333 e. The van der Waals surface area contributed by atoms with Gasteiger partial charge in [0, 0.05) is 37.1 Å². The molecule has 1 aliphatic carbocycles. The molecule has 1 heterocycles. The van der Waals surface area contributed by atoms with Crippen LogP contribution in [0.3, 0.4) is 0 Å². The molecule has 3 nitrogen and oxygen atoms in total. The van der Waals surface area contributed by atoms with Gasteiger partial charge in [-0.15, -0.1) is 0 Å². The van der Waals surface area contributed by atoms with E-state index in [1.165, 1.54) is 12.1 Å². The van der Waals surface area contributed by atoms with Crippen LogP contribution in [-0.4, -0.2) is 15.6 Å². The molecular weight excluding hydrogens is 260 g/mol. The minimum atomic E-state index is -0.528. The first-order chi connectivity index (χ1) is 9.72. The fourth-order valence-corrected chi connectivity index (χ4v) is 2.96. The van der Waals surface area contributed by atoms with E-state index in [0.29, 0.717) is 24.2 Å². The third-order valence-electron chi connectivity index (χ3n) is 3.88. The fraction of sp³-hybridized carbons (Fsp3) is 0.400. The summed E-state index contributed by atoms with van der Waals surface area (Å²) >= 11 is 0. The maximum atomic E-state index is 13.1. The lowest BCUT2D eigenvalue weighted by atomic mass is 10.1. The lowest BCUT2D eigenvalue weighted by Gasteiger charge is -2.22. The van der Waals surface area contributed by atoms with E-state index in [9.17, 15) is 8.78 Å². The molecule has 1 saturated carbocycles. The number of rotatable bonds is 4. The molecule has 106 valence electrons. The molecule has 1 aromatic heterocycles. The molecule has 0 saturated heterocycles. The lowest BCUT2D eigenvalue weighted by Crippen LogP contribution is -2.33. The number of hydrogen-bond acceptors (Lipinski definition) is 2. The summed E-state index contributed by atoms with van der Waals surface area (Å²) in [5.41, 5.74) is 0.638. The lowest BCUT2D eigenvalue weighted by molar-refractivity contribution is 0.390. The highest BCUT2D eigenvalue weighted by molar-refractivity contribution is 5.17. The average molecular weight is 277 g/mol. The quantitative estimate of drug-likeness (QED) is 0.931. The van der Waals surface area contributed by atoms with E-state index in [0.717, 1.165) is 25.3 Å². The van der Waals surface area contributed by atoms with Crippen molar-refractivity contribution in [2.24, 2.45) is 0 Å². The predicted molar refractivity (Wildman–Crippen MR) is 72.1 cm³/mol. The van der Waals surface area contributed by atoms with Crippen molar-refractivity contribution in [2.75, 3.05) is 0 Å². The zero-order chi connectivity index (χ0) is 13.9. The summed E-state index contributed by atoms with van der Waals surface area (Å²) < 4.78 is 28.4. The van der Waals surface area contributed by atoms with E-state index >= 15 is 0 Å². The van der Waals surface area contributed by atoms with Gasteiger partial charge in [-0.1, -0.05) is 0 Å². The third kappa shape index (κ3) is 2.88. The van der Waals surface area contributed by atoms with Crippen molar-refractivity contribution in [2.45, 2.75) is 37.9 Å². The number of nitrogens with one attached hydrogen (secondary N) is 1. The van der Waals surface area contributed by atoms with Gasteiger partial charge in [0.25, 0.3) is 0 Å². The summed E-state index contributed by atoms with van der Waals surface area (Å²) in [7, 11) is 0. The number of aromatic nitrogens is 2. The standard InChI is InChI=1S/C15H17F2N3/c16-12-6-11(7-13(17)8-12)9-19-14-2-1-3-15(14)20-5-4-18-10-20/h4-8,10,14-15,19H,1-3,9H2. The second-order valence-corrected chi connectivity index (χ2v) is 5.27. The molecule has 0 radical (unpaired) electrons. The zero-order valence-electron chi connectivity index (χ0n) is 11.1. The van der Waals surface area contributed by atoms with Crippen LogP contribution >= 0.6 is 0 Å². The average Bonchev–Trinajstić information content (AvgIpc) is 3.06. The topological polar surface area (TPSA) is 29.9 Å². The molecule has 20 heavy (non-hydrogen) atoms. The van der Waals surface area contributed by atoms with Gasteiger partial charge >= 0.3 is 0 Å². The summed E-state index contributed by atoms with van der Waals surface area (Å²) in [6.07, 6.45) is 8.89. The van der Waals surface area contributed by atoms with Gasteiger partial charge in [0.2, 0.25) is 0 Å². The van der Waals surface area contributed by atoms with Crippen LogP contribution in [0.2, 0.25) is 0 Å². The molecule has 0 aliphatic heterocycles. The molecule has 1 aromatic carbocycles. The van der Waals surface area contributed by atoms with Gasteiger partial charge in [-0.3, -0.25) is 0 Å². The Morgan fingerprint density at radius 1 is 1.20 bits per heavy atom. The molecule has 1 fully saturated rings. The largest absolute Gasteiger partial charge is 0.333 e. The van der Waals surface area contributed by atoms with E-state index in [1.807, 2.05) is 12.5 Å². The van der Waals surface area contributed by atoms with Crippen LogP contribution < -0.4 is 5.32 Å². The zero-order valence-corrected chi connectivity index (χ0v) is 11.1. The molecule has 2 unspecified atom stereocenters. The van der Waals surface area contributed by atoms with Gasteiger partial charge in [-0.2, -0.15) is 0 Å². The second-order valence-electron chi connectivity index (χ2n) is 5.27. The molecule has 5 heteroatoms. The van der Waals surface area contributed by atoms with Gasteiger partial charge in [0.1, 0.15) is 11.6 Å². The maximum absolute atomic E-state index is 13.1. The first-order valence-corrected chi connectivity index (χ1v) is 6.88. The summed E-state index contributed by atoms with van der Waals surface area (Å²) in [5, 5.41) is 3.41. The fourth-order valence-electron chi connectivity index (χ4n) is 2.96. The van der Waals surface area contributed by atoms with Crippen molar-refractivity contribution in [3.05, 3.63) is 54.1 Å². The first kappa shape index (κ1) is 13.2. The van der Waals surface area contributed by atoms with Gasteiger partial charge < -0.3 is 9.88 Å². The molecule has 0 spiro atoms.